The topological polar surface area (TPSA) is 38.3 Å². The van der Waals surface area contributed by atoms with Gasteiger partial charge in [-0.2, -0.15) is 0 Å². The predicted molar refractivity (Wildman–Crippen MR) is 91.9 cm³/mol. The van der Waals surface area contributed by atoms with Gasteiger partial charge < -0.3 is 10.1 Å². The first-order valence-electron chi connectivity index (χ1n) is 6.59. The van der Waals surface area contributed by atoms with E-state index in [4.69, 9.17) is 27.9 Å². The Morgan fingerprint density at radius 1 is 1.18 bits per heavy atom. The van der Waals surface area contributed by atoms with Gasteiger partial charge in [0.25, 0.3) is 0 Å². The lowest BCUT2D eigenvalue weighted by Crippen LogP contribution is -2.09. The van der Waals surface area contributed by atoms with Gasteiger partial charge >= 0.3 is 0 Å². The molecule has 0 saturated heterocycles. The zero-order valence-electron chi connectivity index (χ0n) is 12.2. The zero-order valence-corrected chi connectivity index (χ0v) is 13.7. The summed E-state index contributed by atoms with van der Waals surface area (Å²) in [6, 6.07) is 10.7. The number of aryl methyl sites for hydroxylation is 1. The molecule has 0 atom stereocenters. The van der Waals surface area contributed by atoms with Gasteiger partial charge in [-0.25, -0.2) is 0 Å². The Labute approximate surface area is 139 Å². The molecule has 0 aliphatic rings. The van der Waals surface area contributed by atoms with Gasteiger partial charge in [0.1, 0.15) is 5.75 Å². The smallest absolute Gasteiger partial charge is 0.248 e. The van der Waals surface area contributed by atoms with Crippen molar-refractivity contribution in [3.8, 4) is 5.75 Å². The van der Waals surface area contributed by atoms with Crippen molar-refractivity contribution in [3.05, 3.63) is 63.6 Å². The molecule has 3 nitrogen and oxygen atoms in total. The van der Waals surface area contributed by atoms with E-state index in [2.05, 4.69) is 5.32 Å². The molecule has 5 heteroatoms. The van der Waals surface area contributed by atoms with Crippen molar-refractivity contribution in [2.24, 2.45) is 0 Å². The number of carbonyl (C=O) groups is 1. The highest BCUT2D eigenvalue weighted by Crippen LogP contribution is 2.27. The highest BCUT2D eigenvalue weighted by molar-refractivity contribution is 6.37. The Kier molecular flexibility index (Phi) is 5.47. The molecular formula is C17H15Cl2NO2. The van der Waals surface area contributed by atoms with E-state index in [-0.39, 0.29) is 5.91 Å². The maximum Gasteiger partial charge on any atom is 0.248 e. The number of carbonyl (C=O) groups excluding carboxylic acids is 1. The molecule has 0 fully saturated rings. The molecule has 0 aromatic heterocycles. The van der Waals surface area contributed by atoms with Crippen molar-refractivity contribution in [2.75, 3.05) is 12.4 Å². The second-order valence-electron chi connectivity index (χ2n) is 4.66. The van der Waals surface area contributed by atoms with E-state index in [1.165, 1.54) is 6.08 Å². The highest BCUT2D eigenvalue weighted by atomic mass is 35.5. The number of halogens is 2. The van der Waals surface area contributed by atoms with E-state index in [1.807, 2.05) is 19.1 Å². The number of nitrogens with one attached hydrogen (secondary N) is 1. The number of hydrogen-bond acceptors (Lipinski definition) is 2. The Hall–Kier alpha value is -1.97. The first-order chi connectivity index (χ1) is 10.5. The van der Waals surface area contributed by atoms with E-state index in [9.17, 15) is 4.79 Å². The second-order valence-corrected chi connectivity index (χ2v) is 5.48. The Bertz CT molecular complexity index is 706. The molecule has 0 radical (unpaired) electrons. The van der Waals surface area contributed by atoms with Crippen LogP contribution in [0.3, 0.4) is 0 Å². The summed E-state index contributed by atoms with van der Waals surface area (Å²) in [5, 5.41) is 3.76. The normalized spacial score (nSPS) is 10.7. The van der Waals surface area contributed by atoms with Crippen LogP contribution < -0.4 is 10.1 Å². The number of ether oxygens (including phenoxy) is 1. The van der Waals surface area contributed by atoms with Crippen molar-refractivity contribution in [1.82, 2.24) is 0 Å². The summed E-state index contributed by atoms with van der Waals surface area (Å²) in [6.07, 6.45) is 2.97. The zero-order chi connectivity index (χ0) is 16.1. The van der Waals surface area contributed by atoms with Gasteiger partial charge in [-0.3, -0.25) is 4.79 Å². The van der Waals surface area contributed by atoms with Gasteiger partial charge in [-0.05, 0) is 42.8 Å². The van der Waals surface area contributed by atoms with E-state index in [1.54, 1.807) is 37.5 Å². The average molecular weight is 336 g/mol. The molecule has 0 heterocycles. The van der Waals surface area contributed by atoms with Gasteiger partial charge in [-0.15, -0.1) is 0 Å². The van der Waals surface area contributed by atoms with Crippen molar-refractivity contribution in [3.63, 3.8) is 0 Å². The summed E-state index contributed by atoms with van der Waals surface area (Å²) in [5.74, 6) is 0.308. The van der Waals surface area contributed by atoms with Crippen LogP contribution in [-0.4, -0.2) is 13.0 Å². The molecule has 2 aromatic carbocycles. The summed E-state index contributed by atoms with van der Waals surface area (Å²) >= 11 is 12.1. The maximum absolute atomic E-state index is 12.0. The van der Waals surface area contributed by atoms with Crippen molar-refractivity contribution >= 4 is 40.9 Å². The first kappa shape index (κ1) is 16.4. The van der Waals surface area contributed by atoms with Gasteiger partial charge in [0.15, 0.2) is 0 Å². The minimum Gasteiger partial charge on any atom is -0.495 e. The van der Waals surface area contributed by atoms with Gasteiger partial charge in [-0.1, -0.05) is 35.3 Å². The number of rotatable bonds is 4. The molecule has 0 spiro atoms. The summed E-state index contributed by atoms with van der Waals surface area (Å²) in [5.41, 5.74) is 2.24. The standard InChI is InChI=1S/C17H15Cl2NO2/c1-11-6-8-16(22-2)15(10-11)20-17(21)9-7-12-13(18)4-3-5-14(12)19/h3-10H,1-2H3,(H,20,21)/b9-7+. The predicted octanol–water partition coefficient (Wildman–Crippen LogP) is 4.96. The van der Waals surface area contributed by atoms with E-state index in [0.29, 0.717) is 27.0 Å². The van der Waals surface area contributed by atoms with Gasteiger partial charge in [0, 0.05) is 21.7 Å². The Morgan fingerprint density at radius 3 is 2.50 bits per heavy atom. The van der Waals surface area contributed by atoms with Crippen LogP contribution in [-0.2, 0) is 4.79 Å². The molecule has 1 amide bonds. The van der Waals surface area contributed by atoms with Crippen LogP contribution in [0.4, 0.5) is 5.69 Å². The number of amides is 1. The fourth-order valence-electron chi connectivity index (χ4n) is 1.92. The SMILES string of the molecule is COc1ccc(C)cc1NC(=O)/C=C/c1c(Cl)cccc1Cl. The van der Waals surface area contributed by atoms with E-state index < -0.39 is 0 Å². The average Bonchev–Trinajstić information content (AvgIpc) is 2.47. The lowest BCUT2D eigenvalue weighted by molar-refractivity contribution is -0.111. The van der Waals surface area contributed by atoms with Crippen LogP contribution in [0.25, 0.3) is 6.08 Å². The molecule has 1 N–H and O–H groups in total. The molecule has 22 heavy (non-hydrogen) atoms. The minimum atomic E-state index is -0.292. The molecule has 0 bridgehead atoms. The minimum absolute atomic E-state index is 0.292. The maximum atomic E-state index is 12.0. The van der Waals surface area contributed by atoms with Crippen LogP contribution >= 0.6 is 23.2 Å². The number of benzene rings is 2. The fourth-order valence-corrected chi connectivity index (χ4v) is 2.45. The molecule has 114 valence electrons. The van der Waals surface area contributed by atoms with Crippen molar-refractivity contribution in [2.45, 2.75) is 6.92 Å². The quantitative estimate of drug-likeness (QED) is 0.801. The van der Waals surface area contributed by atoms with Crippen molar-refractivity contribution < 1.29 is 9.53 Å². The summed E-state index contributed by atoms with van der Waals surface area (Å²) < 4.78 is 5.22. The summed E-state index contributed by atoms with van der Waals surface area (Å²) in [4.78, 5) is 12.0. The Morgan fingerprint density at radius 2 is 1.86 bits per heavy atom. The third-order valence-electron chi connectivity index (χ3n) is 3.01. The highest BCUT2D eigenvalue weighted by Gasteiger charge is 2.07. The van der Waals surface area contributed by atoms with Crippen molar-refractivity contribution in [1.29, 1.82) is 0 Å². The number of anilines is 1. The van der Waals surface area contributed by atoms with Gasteiger partial charge in [0.2, 0.25) is 5.91 Å². The first-order valence-corrected chi connectivity index (χ1v) is 7.34. The Balaban J connectivity index is 2.17. The largest absolute Gasteiger partial charge is 0.495 e. The van der Waals surface area contributed by atoms with E-state index >= 15 is 0 Å². The molecule has 2 aromatic rings. The van der Waals surface area contributed by atoms with Crippen LogP contribution in [0.15, 0.2) is 42.5 Å². The van der Waals surface area contributed by atoms with Crippen LogP contribution in [0, 0.1) is 6.92 Å². The molecule has 0 aliphatic carbocycles. The van der Waals surface area contributed by atoms with Crippen LogP contribution in [0.1, 0.15) is 11.1 Å². The summed E-state index contributed by atoms with van der Waals surface area (Å²) in [6.45, 7) is 1.94. The monoisotopic (exact) mass is 335 g/mol. The molecule has 2 rings (SSSR count). The number of methoxy groups -OCH3 is 1. The lowest BCUT2D eigenvalue weighted by atomic mass is 10.2. The van der Waals surface area contributed by atoms with E-state index in [0.717, 1.165) is 5.56 Å². The molecule has 0 aliphatic heterocycles. The lowest BCUT2D eigenvalue weighted by Gasteiger charge is -2.09. The molecular weight excluding hydrogens is 321 g/mol. The molecule has 0 saturated carbocycles. The molecule has 0 unspecified atom stereocenters. The van der Waals surface area contributed by atoms with Gasteiger partial charge in [0.05, 0.1) is 12.8 Å². The number of hydrogen-bond donors (Lipinski definition) is 1. The fraction of sp³-hybridized carbons (Fsp3) is 0.118. The second kappa shape index (κ2) is 7.34. The third kappa shape index (κ3) is 4.03. The van der Waals surface area contributed by atoms with Crippen LogP contribution in [0.5, 0.6) is 5.75 Å². The summed E-state index contributed by atoms with van der Waals surface area (Å²) in [7, 11) is 1.56. The third-order valence-corrected chi connectivity index (χ3v) is 3.67. The van der Waals surface area contributed by atoms with Crippen LogP contribution in [0.2, 0.25) is 10.0 Å².